The van der Waals surface area contributed by atoms with E-state index in [1.54, 1.807) is 11.8 Å². The second-order valence-electron chi connectivity index (χ2n) is 1.91. The lowest BCUT2D eigenvalue weighted by Crippen LogP contribution is -2.19. The molecule has 1 rings (SSSR count). The molecule has 0 aromatic rings. The smallest absolute Gasteiger partial charge is 0.239 e. The van der Waals surface area contributed by atoms with Gasteiger partial charge in [0.1, 0.15) is 0 Å². The Kier molecular flexibility index (Phi) is 1.78. The lowest BCUT2D eigenvalue weighted by Gasteiger charge is -2.22. The third-order valence-electron chi connectivity index (χ3n) is 1.21. The second-order valence-corrected chi connectivity index (χ2v) is 3.32. The number of nitrogens with one attached hydrogen (secondary N) is 1. The minimum absolute atomic E-state index is 0.415. The van der Waals surface area contributed by atoms with Gasteiger partial charge >= 0.3 is 0 Å². The highest BCUT2D eigenvalue weighted by Crippen LogP contribution is 2.29. The Balaban J connectivity index is 2.09. The van der Waals surface area contributed by atoms with E-state index in [9.17, 15) is 4.79 Å². The summed E-state index contributed by atoms with van der Waals surface area (Å²) in [6.45, 7) is 0. The van der Waals surface area contributed by atoms with Crippen LogP contribution in [0.4, 0.5) is 0 Å². The summed E-state index contributed by atoms with van der Waals surface area (Å²) in [7, 11) is 0. The Morgan fingerprint density at radius 3 is 2.62 bits per heavy atom. The Morgan fingerprint density at radius 1 is 1.88 bits per heavy atom. The predicted octanol–water partition coefficient (Wildman–Crippen LogP) is 0.692. The molecule has 0 aliphatic carbocycles. The van der Waals surface area contributed by atoms with Crippen LogP contribution >= 0.6 is 11.8 Å². The maximum atomic E-state index is 10.1. The van der Waals surface area contributed by atoms with E-state index < -0.39 is 5.91 Å². The van der Waals surface area contributed by atoms with Crippen molar-refractivity contribution in [3.8, 4) is 0 Å². The fraction of sp³-hybridized carbons (Fsp3) is 0.800. The summed E-state index contributed by atoms with van der Waals surface area (Å²) in [4.78, 5) is 10.1. The van der Waals surface area contributed by atoms with Crippen LogP contribution in [0.1, 0.15) is 12.8 Å². The van der Waals surface area contributed by atoms with Gasteiger partial charge in [0.05, 0.1) is 0 Å². The van der Waals surface area contributed by atoms with Gasteiger partial charge < -0.3 is 0 Å². The van der Waals surface area contributed by atoms with Crippen LogP contribution in [0.5, 0.6) is 0 Å². The van der Waals surface area contributed by atoms with Gasteiger partial charge in [-0.3, -0.25) is 10.5 Å². The van der Waals surface area contributed by atoms with Crippen molar-refractivity contribution >= 4 is 17.7 Å². The van der Waals surface area contributed by atoms with Gasteiger partial charge in [0, 0.05) is 11.7 Å². The first-order valence-electron chi connectivity index (χ1n) is 2.65. The largest absolute Gasteiger partial charge is 0.273 e. The number of carbonyl (C=O) groups is 1. The first-order valence-corrected chi connectivity index (χ1v) is 3.70. The van der Waals surface area contributed by atoms with Crippen LogP contribution in [0.25, 0.3) is 0 Å². The zero-order chi connectivity index (χ0) is 5.98. The van der Waals surface area contributed by atoms with Gasteiger partial charge in [-0.25, -0.2) is 0 Å². The summed E-state index contributed by atoms with van der Waals surface area (Å²) in [5.74, 6) is 0.764. The molecule has 1 heterocycles. The molecule has 1 aliphatic heterocycles. The Morgan fingerprint density at radius 2 is 2.50 bits per heavy atom. The van der Waals surface area contributed by atoms with E-state index in [2.05, 4.69) is 0 Å². The molecule has 0 aromatic carbocycles. The number of carbonyl (C=O) groups excluding carboxylic acids is 1. The topological polar surface area (TPSA) is 40.9 Å². The molecule has 3 heteroatoms. The lowest BCUT2D eigenvalue weighted by atomic mass is 10.2. The van der Waals surface area contributed by atoms with Crippen molar-refractivity contribution in [1.29, 1.82) is 0 Å². The standard InChI is InChI=1S/C5H8NOS/c6-5(7)3-4-1-2-8-4/h4,6H,1-3H2. The quantitative estimate of drug-likeness (QED) is 0.552. The van der Waals surface area contributed by atoms with Crippen molar-refractivity contribution in [2.75, 3.05) is 5.75 Å². The predicted molar refractivity (Wildman–Crippen MR) is 33.6 cm³/mol. The first-order chi connectivity index (χ1) is 3.79. The zero-order valence-electron chi connectivity index (χ0n) is 4.52. The number of thioether (sulfide) groups is 1. The van der Waals surface area contributed by atoms with E-state index in [-0.39, 0.29) is 0 Å². The molecule has 45 valence electrons. The van der Waals surface area contributed by atoms with Crippen molar-refractivity contribution in [1.82, 2.24) is 5.73 Å². The molecule has 1 aliphatic rings. The van der Waals surface area contributed by atoms with Crippen LogP contribution in [-0.4, -0.2) is 16.9 Å². The minimum atomic E-state index is -0.415. The van der Waals surface area contributed by atoms with Gasteiger partial charge in [-0.1, -0.05) is 0 Å². The fourth-order valence-electron chi connectivity index (χ4n) is 0.652. The number of hydrogen-bond acceptors (Lipinski definition) is 2. The molecule has 1 amide bonds. The highest BCUT2D eigenvalue weighted by atomic mass is 32.2. The van der Waals surface area contributed by atoms with Crippen LogP contribution in [0, 0.1) is 0 Å². The monoisotopic (exact) mass is 130 g/mol. The third kappa shape index (κ3) is 1.40. The van der Waals surface area contributed by atoms with Crippen molar-refractivity contribution in [2.24, 2.45) is 0 Å². The molecule has 2 nitrogen and oxygen atoms in total. The van der Waals surface area contributed by atoms with E-state index in [1.807, 2.05) is 0 Å². The molecule has 1 unspecified atom stereocenters. The van der Waals surface area contributed by atoms with E-state index in [0.29, 0.717) is 11.7 Å². The molecule has 1 N–H and O–H groups in total. The first kappa shape index (κ1) is 5.95. The Hall–Kier alpha value is -0.180. The van der Waals surface area contributed by atoms with Crippen LogP contribution in [0.15, 0.2) is 0 Å². The SMILES string of the molecule is [NH]C(=O)CC1CCS1. The van der Waals surface area contributed by atoms with Gasteiger partial charge in [-0.15, -0.1) is 0 Å². The molecule has 0 aromatic heterocycles. The van der Waals surface area contributed by atoms with E-state index in [4.69, 9.17) is 5.73 Å². The lowest BCUT2D eigenvalue weighted by molar-refractivity contribution is -0.118. The van der Waals surface area contributed by atoms with Crippen LogP contribution in [0.2, 0.25) is 0 Å². The highest BCUT2D eigenvalue weighted by Gasteiger charge is 2.19. The molecule has 0 saturated carbocycles. The van der Waals surface area contributed by atoms with E-state index in [0.717, 1.165) is 6.42 Å². The van der Waals surface area contributed by atoms with Gasteiger partial charge in [0.25, 0.3) is 0 Å². The average molecular weight is 130 g/mol. The van der Waals surface area contributed by atoms with Gasteiger partial charge in [-0.05, 0) is 12.2 Å². The number of rotatable bonds is 2. The summed E-state index contributed by atoms with van der Waals surface area (Å²) < 4.78 is 0. The van der Waals surface area contributed by atoms with Crippen molar-refractivity contribution in [2.45, 2.75) is 18.1 Å². The molecular formula is C5H8NOS. The average Bonchev–Trinajstić information content (AvgIpc) is 1.55. The number of amides is 1. The van der Waals surface area contributed by atoms with Crippen molar-refractivity contribution < 1.29 is 4.79 Å². The van der Waals surface area contributed by atoms with E-state index in [1.165, 1.54) is 5.75 Å². The molecule has 1 radical (unpaired) electrons. The third-order valence-corrected chi connectivity index (χ3v) is 2.55. The summed E-state index contributed by atoms with van der Waals surface area (Å²) in [6, 6.07) is 0. The summed E-state index contributed by atoms with van der Waals surface area (Å²) in [5, 5.41) is 0.486. The highest BCUT2D eigenvalue weighted by molar-refractivity contribution is 8.01. The van der Waals surface area contributed by atoms with Crippen LogP contribution in [0.3, 0.4) is 0 Å². The minimum Gasteiger partial charge on any atom is -0.273 e. The Bertz CT molecular complexity index is 101. The zero-order valence-corrected chi connectivity index (χ0v) is 5.33. The molecule has 1 saturated heterocycles. The summed E-state index contributed by atoms with van der Waals surface area (Å²) >= 11 is 1.79. The molecule has 0 spiro atoms. The van der Waals surface area contributed by atoms with Crippen LogP contribution < -0.4 is 5.73 Å². The van der Waals surface area contributed by atoms with Crippen molar-refractivity contribution in [3.63, 3.8) is 0 Å². The molecule has 0 bridgehead atoms. The van der Waals surface area contributed by atoms with Crippen LogP contribution in [-0.2, 0) is 4.79 Å². The number of hydrogen-bond donors (Lipinski definition) is 0. The Labute approximate surface area is 52.8 Å². The maximum absolute atomic E-state index is 10.1. The van der Waals surface area contributed by atoms with Gasteiger partial charge in [0.2, 0.25) is 5.91 Å². The van der Waals surface area contributed by atoms with Gasteiger partial charge in [-0.2, -0.15) is 11.8 Å². The van der Waals surface area contributed by atoms with Gasteiger partial charge in [0.15, 0.2) is 0 Å². The molecule has 8 heavy (non-hydrogen) atoms. The van der Waals surface area contributed by atoms with Crippen molar-refractivity contribution in [3.05, 3.63) is 0 Å². The molecule has 1 fully saturated rings. The van der Waals surface area contributed by atoms with E-state index >= 15 is 0 Å². The maximum Gasteiger partial charge on any atom is 0.239 e. The summed E-state index contributed by atoms with van der Waals surface area (Å²) in [5.41, 5.74) is 6.59. The molecule has 1 atom stereocenters. The fourth-order valence-corrected chi connectivity index (χ4v) is 1.49. The molecular weight excluding hydrogens is 122 g/mol. The summed E-state index contributed by atoms with van der Waals surface area (Å²) in [6.07, 6.45) is 1.60. The second kappa shape index (κ2) is 2.40. The normalized spacial score (nSPS) is 26.8.